The maximum absolute atomic E-state index is 13.2. The zero-order valence-electron chi connectivity index (χ0n) is 23.5. The van der Waals surface area contributed by atoms with E-state index in [0.29, 0.717) is 24.2 Å². The number of amides is 5. The minimum Gasteiger partial charge on any atom is -0.444 e. The van der Waals surface area contributed by atoms with Crippen LogP contribution in [-0.4, -0.2) is 126 Å². The predicted octanol–water partition coefficient (Wildman–Crippen LogP) is 0.763. The van der Waals surface area contributed by atoms with Crippen LogP contribution in [0.15, 0.2) is 18.2 Å². The van der Waals surface area contributed by atoms with Gasteiger partial charge < -0.3 is 14.5 Å². The zero-order valence-corrected chi connectivity index (χ0v) is 23.5. The van der Waals surface area contributed by atoms with Crippen molar-refractivity contribution in [1.82, 2.24) is 24.9 Å². The van der Waals surface area contributed by atoms with Crippen LogP contribution in [0.25, 0.3) is 0 Å². The van der Waals surface area contributed by atoms with Crippen LogP contribution < -0.4 is 10.2 Å². The van der Waals surface area contributed by atoms with Gasteiger partial charge in [-0.15, -0.1) is 0 Å². The van der Waals surface area contributed by atoms with E-state index in [2.05, 4.69) is 20.0 Å². The molecule has 1 aromatic carbocycles. The fourth-order valence-corrected chi connectivity index (χ4v) is 5.65. The lowest BCUT2D eigenvalue weighted by Crippen LogP contribution is -2.54. The first-order valence-electron chi connectivity index (χ1n) is 14.0. The Morgan fingerprint density at radius 3 is 2.08 bits per heavy atom. The molecule has 216 valence electrons. The summed E-state index contributed by atoms with van der Waals surface area (Å²) >= 11 is 0. The Hall–Kier alpha value is -3.51. The molecular formula is C28H38N6O6. The van der Waals surface area contributed by atoms with Gasteiger partial charge in [0.2, 0.25) is 11.8 Å². The third-order valence-corrected chi connectivity index (χ3v) is 7.92. The molecule has 5 rings (SSSR count). The van der Waals surface area contributed by atoms with E-state index in [9.17, 15) is 24.0 Å². The van der Waals surface area contributed by atoms with Gasteiger partial charge in [0.25, 0.3) is 11.8 Å². The van der Waals surface area contributed by atoms with E-state index in [0.717, 1.165) is 62.9 Å². The molecule has 1 atom stereocenters. The molecule has 3 fully saturated rings. The summed E-state index contributed by atoms with van der Waals surface area (Å²) in [5.41, 5.74) is 0.992. The molecule has 4 aliphatic rings. The number of anilines is 1. The summed E-state index contributed by atoms with van der Waals surface area (Å²) < 4.78 is 5.48. The van der Waals surface area contributed by atoms with Gasteiger partial charge >= 0.3 is 6.09 Å². The molecule has 1 aromatic rings. The lowest BCUT2D eigenvalue weighted by molar-refractivity contribution is -0.136. The van der Waals surface area contributed by atoms with Gasteiger partial charge in [0, 0.05) is 77.6 Å². The summed E-state index contributed by atoms with van der Waals surface area (Å²) in [5, 5.41) is 2.23. The normalized spacial score (nSPS) is 23.0. The van der Waals surface area contributed by atoms with Crippen LogP contribution in [0.5, 0.6) is 0 Å². The maximum Gasteiger partial charge on any atom is 0.410 e. The third kappa shape index (κ3) is 5.97. The Bertz CT molecular complexity index is 1200. The number of rotatable bonds is 5. The zero-order chi connectivity index (χ0) is 28.6. The predicted molar refractivity (Wildman–Crippen MR) is 146 cm³/mol. The monoisotopic (exact) mass is 554 g/mol. The van der Waals surface area contributed by atoms with E-state index in [4.69, 9.17) is 4.74 Å². The third-order valence-electron chi connectivity index (χ3n) is 7.92. The van der Waals surface area contributed by atoms with Crippen LogP contribution in [0.4, 0.5) is 10.5 Å². The summed E-state index contributed by atoms with van der Waals surface area (Å²) in [6, 6.07) is 4.32. The molecule has 3 saturated heterocycles. The number of benzene rings is 1. The SMILES string of the molecule is CC(C)(C)OC(=O)N1CCN(CCN2CCN(c3ccc4c(c3)C(=O)N(C3CCC(=O)NC3=O)C4=O)CC2)CC1. The van der Waals surface area contributed by atoms with Gasteiger partial charge in [-0.3, -0.25) is 39.2 Å². The number of ether oxygens (including phenoxy) is 1. The van der Waals surface area contributed by atoms with Crippen molar-refractivity contribution in [2.24, 2.45) is 0 Å². The van der Waals surface area contributed by atoms with Gasteiger partial charge in [-0.1, -0.05) is 0 Å². The highest BCUT2D eigenvalue weighted by Crippen LogP contribution is 2.31. The largest absolute Gasteiger partial charge is 0.444 e. The summed E-state index contributed by atoms with van der Waals surface area (Å²) in [6.07, 6.45) is -0.00370. The molecule has 0 spiro atoms. The highest BCUT2D eigenvalue weighted by atomic mass is 16.6. The van der Waals surface area contributed by atoms with Crippen molar-refractivity contribution in [3.63, 3.8) is 0 Å². The maximum atomic E-state index is 13.2. The molecule has 4 heterocycles. The molecule has 5 amide bonds. The molecular weight excluding hydrogens is 516 g/mol. The molecule has 0 aliphatic carbocycles. The second-order valence-electron chi connectivity index (χ2n) is 11.8. The Morgan fingerprint density at radius 1 is 0.875 bits per heavy atom. The van der Waals surface area contributed by atoms with Crippen LogP contribution in [0.2, 0.25) is 0 Å². The van der Waals surface area contributed by atoms with Gasteiger partial charge in [0.05, 0.1) is 11.1 Å². The average Bonchev–Trinajstić information content (AvgIpc) is 3.16. The quantitative estimate of drug-likeness (QED) is 0.526. The number of nitrogens with zero attached hydrogens (tertiary/aromatic N) is 5. The number of hydrogen-bond acceptors (Lipinski definition) is 9. The molecule has 0 radical (unpaired) electrons. The highest BCUT2D eigenvalue weighted by Gasteiger charge is 2.44. The molecule has 40 heavy (non-hydrogen) atoms. The topological polar surface area (TPSA) is 123 Å². The smallest absolute Gasteiger partial charge is 0.410 e. The average molecular weight is 555 g/mol. The summed E-state index contributed by atoms with van der Waals surface area (Å²) in [7, 11) is 0. The number of carbonyl (C=O) groups excluding carboxylic acids is 5. The van der Waals surface area contributed by atoms with Crippen molar-refractivity contribution in [1.29, 1.82) is 0 Å². The van der Waals surface area contributed by atoms with Gasteiger partial charge in [0.1, 0.15) is 11.6 Å². The molecule has 12 nitrogen and oxygen atoms in total. The van der Waals surface area contributed by atoms with Gasteiger partial charge in [-0.25, -0.2) is 4.79 Å². The number of nitrogens with one attached hydrogen (secondary N) is 1. The van der Waals surface area contributed by atoms with Crippen molar-refractivity contribution in [3.8, 4) is 0 Å². The summed E-state index contributed by atoms with van der Waals surface area (Å²) in [6.45, 7) is 13.9. The fourth-order valence-electron chi connectivity index (χ4n) is 5.65. The standard InChI is InChI=1S/C28H38N6O6/c1-28(2,3)40-27(39)33-16-12-31(13-17-33)9-8-30-10-14-32(15-11-30)19-4-5-20-21(18-19)26(38)34(25(20)37)22-6-7-23(35)29-24(22)36/h4-5,18,22H,6-17H2,1-3H3,(H,29,35,36). The number of piperidine rings is 1. The van der Waals surface area contributed by atoms with Gasteiger partial charge in [-0.05, 0) is 45.4 Å². The van der Waals surface area contributed by atoms with E-state index in [1.54, 1.807) is 17.0 Å². The second-order valence-corrected chi connectivity index (χ2v) is 11.8. The summed E-state index contributed by atoms with van der Waals surface area (Å²) in [5.74, 6) is -1.97. The molecule has 1 N–H and O–H groups in total. The molecule has 12 heteroatoms. The van der Waals surface area contributed by atoms with Crippen LogP contribution in [0, 0.1) is 0 Å². The van der Waals surface area contributed by atoms with Crippen LogP contribution >= 0.6 is 0 Å². The lowest BCUT2D eigenvalue weighted by atomic mass is 10.0. The Morgan fingerprint density at radius 2 is 1.48 bits per heavy atom. The first kappa shape index (κ1) is 28.0. The Labute approximate surface area is 234 Å². The Kier molecular flexibility index (Phi) is 7.83. The van der Waals surface area contributed by atoms with E-state index >= 15 is 0 Å². The van der Waals surface area contributed by atoms with Crippen molar-refractivity contribution in [2.45, 2.75) is 45.3 Å². The van der Waals surface area contributed by atoms with Crippen LogP contribution in [0.1, 0.15) is 54.3 Å². The first-order valence-corrected chi connectivity index (χ1v) is 14.0. The van der Waals surface area contributed by atoms with E-state index in [-0.39, 0.29) is 24.8 Å². The van der Waals surface area contributed by atoms with Crippen molar-refractivity contribution in [3.05, 3.63) is 29.3 Å². The van der Waals surface area contributed by atoms with Crippen molar-refractivity contribution < 1.29 is 28.7 Å². The molecule has 0 aromatic heterocycles. The Balaban J connectivity index is 1.10. The molecule has 1 unspecified atom stereocenters. The van der Waals surface area contributed by atoms with Gasteiger partial charge in [-0.2, -0.15) is 0 Å². The van der Waals surface area contributed by atoms with Crippen molar-refractivity contribution >= 4 is 35.4 Å². The highest BCUT2D eigenvalue weighted by molar-refractivity contribution is 6.23. The number of imide groups is 2. The minimum absolute atomic E-state index is 0.0988. The molecule has 0 bridgehead atoms. The number of carbonyl (C=O) groups is 5. The minimum atomic E-state index is -0.961. The second kappa shape index (κ2) is 11.2. The lowest BCUT2D eigenvalue weighted by Gasteiger charge is -2.39. The molecule has 4 aliphatic heterocycles. The van der Waals surface area contributed by atoms with Crippen molar-refractivity contribution in [2.75, 3.05) is 70.3 Å². The number of hydrogen-bond donors (Lipinski definition) is 1. The first-order chi connectivity index (χ1) is 19.0. The van der Waals surface area contributed by atoms with E-state index in [1.165, 1.54) is 0 Å². The fraction of sp³-hybridized carbons (Fsp3) is 0.607. The van der Waals surface area contributed by atoms with Crippen LogP contribution in [0.3, 0.4) is 0 Å². The van der Waals surface area contributed by atoms with E-state index < -0.39 is 29.4 Å². The van der Waals surface area contributed by atoms with E-state index in [1.807, 2.05) is 26.8 Å². The molecule has 0 saturated carbocycles. The number of fused-ring (bicyclic) bond motifs is 1. The van der Waals surface area contributed by atoms with Crippen LogP contribution in [-0.2, 0) is 14.3 Å². The number of piperazine rings is 2. The van der Waals surface area contributed by atoms with Gasteiger partial charge in [0.15, 0.2) is 0 Å². The summed E-state index contributed by atoms with van der Waals surface area (Å²) in [4.78, 5) is 72.0.